The van der Waals surface area contributed by atoms with E-state index in [9.17, 15) is 0 Å². The number of hydrogen-bond acceptors (Lipinski definition) is 7. The fourth-order valence-corrected chi connectivity index (χ4v) is 3.13. The van der Waals surface area contributed by atoms with Gasteiger partial charge in [-0.2, -0.15) is 20.0 Å². The Bertz CT molecular complexity index is 693. The lowest BCUT2D eigenvalue weighted by atomic mass is 10.0. The molecule has 130 valence electrons. The average molecular weight is 332 g/mol. The number of nitrogens with zero attached hydrogens (tertiary/aromatic N) is 5. The lowest BCUT2D eigenvalue weighted by Crippen LogP contribution is -2.25. The Balaban J connectivity index is 1.33. The summed E-state index contributed by atoms with van der Waals surface area (Å²) >= 11 is 0. The summed E-state index contributed by atoms with van der Waals surface area (Å²) in [7, 11) is 0. The van der Waals surface area contributed by atoms with Gasteiger partial charge < -0.3 is 14.6 Å². The van der Waals surface area contributed by atoms with Crippen LogP contribution in [0.4, 0.5) is 0 Å². The molecule has 2 aromatic heterocycles. The van der Waals surface area contributed by atoms with Crippen LogP contribution in [0.25, 0.3) is 0 Å². The summed E-state index contributed by atoms with van der Waals surface area (Å²) in [5, 5.41) is 16.4. The van der Waals surface area contributed by atoms with Gasteiger partial charge in [-0.3, -0.25) is 0 Å². The number of ether oxygens (including phenoxy) is 1. The van der Waals surface area contributed by atoms with Crippen molar-refractivity contribution < 1.29 is 9.26 Å². The first-order chi connectivity index (χ1) is 11.7. The Morgan fingerprint density at radius 1 is 1.25 bits per heavy atom. The monoisotopic (exact) mass is 332 g/mol. The Hall–Kier alpha value is -1.80. The van der Waals surface area contributed by atoms with Crippen molar-refractivity contribution in [1.29, 1.82) is 0 Å². The lowest BCUT2D eigenvalue weighted by molar-refractivity contribution is 0.0623. The molecule has 0 aromatic carbocycles. The van der Waals surface area contributed by atoms with E-state index < -0.39 is 0 Å². The molecule has 1 aliphatic heterocycles. The smallest absolute Gasteiger partial charge is 0.256 e. The molecule has 1 saturated carbocycles. The number of rotatable bonds is 7. The van der Waals surface area contributed by atoms with Gasteiger partial charge in [0.2, 0.25) is 0 Å². The first kappa shape index (κ1) is 15.7. The largest absolute Gasteiger partial charge is 0.368 e. The predicted octanol–water partition coefficient (Wildman–Crippen LogP) is 1.73. The maximum atomic E-state index is 5.84. The van der Waals surface area contributed by atoms with Crippen LogP contribution in [0.5, 0.6) is 0 Å². The van der Waals surface area contributed by atoms with Gasteiger partial charge in [-0.25, -0.2) is 0 Å². The molecule has 2 aliphatic rings. The van der Waals surface area contributed by atoms with Gasteiger partial charge in [-0.15, -0.1) is 0 Å². The number of aromatic nitrogens is 5. The second kappa shape index (κ2) is 6.60. The Kier molecular flexibility index (Phi) is 4.32. The second-order valence-corrected chi connectivity index (χ2v) is 6.66. The van der Waals surface area contributed by atoms with Gasteiger partial charge in [-0.1, -0.05) is 5.16 Å². The Morgan fingerprint density at radius 3 is 2.88 bits per heavy atom. The maximum Gasteiger partial charge on any atom is 0.256 e. The highest BCUT2D eigenvalue weighted by Crippen LogP contribution is 2.40. The van der Waals surface area contributed by atoms with Crippen molar-refractivity contribution >= 4 is 0 Å². The van der Waals surface area contributed by atoms with E-state index in [4.69, 9.17) is 9.26 Å². The molecule has 0 radical (unpaired) electrons. The van der Waals surface area contributed by atoms with Gasteiger partial charge in [-0.05, 0) is 33.1 Å². The van der Waals surface area contributed by atoms with Crippen LogP contribution in [0.3, 0.4) is 0 Å². The van der Waals surface area contributed by atoms with Crippen LogP contribution in [0, 0.1) is 12.8 Å². The molecule has 1 saturated heterocycles. The third-order valence-corrected chi connectivity index (χ3v) is 4.76. The standard InChI is InChI=1S/C16H24N6O2/c1-3-22-19-10(2)13(20-22)9-17-8-12-6-7-23-14(12)16-18-15(21-24-16)11-4-5-11/h11-12,14,17H,3-9H2,1-2H3/t12-,14-/m0/s1. The van der Waals surface area contributed by atoms with Crippen LogP contribution in [0.15, 0.2) is 4.52 Å². The quantitative estimate of drug-likeness (QED) is 0.825. The van der Waals surface area contributed by atoms with E-state index >= 15 is 0 Å². The highest BCUT2D eigenvalue weighted by Gasteiger charge is 2.36. The topological polar surface area (TPSA) is 90.9 Å². The molecule has 2 aromatic rings. The minimum absolute atomic E-state index is 0.0927. The van der Waals surface area contributed by atoms with Crippen LogP contribution in [0.2, 0.25) is 0 Å². The molecule has 8 heteroatoms. The summed E-state index contributed by atoms with van der Waals surface area (Å²) in [4.78, 5) is 6.27. The third-order valence-electron chi connectivity index (χ3n) is 4.76. The fraction of sp³-hybridized carbons (Fsp3) is 0.750. The SMILES string of the molecule is CCn1nc(C)c(CNC[C@@H]2CCO[C@@H]2c2nc(C3CC3)no2)n1. The second-order valence-electron chi connectivity index (χ2n) is 6.66. The Labute approximate surface area is 140 Å². The summed E-state index contributed by atoms with van der Waals surface area (Å²) in [6.45, 7) is 7.12. The molecule has 0 unspecified atom stereocenters. The van der Waals surface area contributed by atoms with Crippen molar-refractivity contribution in [2.24, 2.45) is 5.92 Å². The van der Waals surface area contributed by atoms with Crippen molar-refractivity contribution in [3.63, 3.8) is 0 Å². The Morgan fingerprint density at radius 2 is 2.12 bits per heavy atom. The highest BCUT2D eigenvalue weighted by molar-refractivity contribution is 5.07. The van der Waals surface area contributed by atoms with Gasteiger partial charge >= 0.3 is 0 Å². The summed E-state index contributed by atoms with van der Waals surface area (Å²) in [5.41, 5.74) is 1.98. The summed E-state index contributed by atoms with van der Waals surface area (Å²) in [5.74, 6) is 2.33. The molecule has 3 heterocycles. The fourth-order valence-electron chi connectivity index (χ4n) is 3.13. The van der Waals surface area contributed by atoms with Gasteiger partial charge in [0, 0.05) is 31.5 Å². The average Bonchev–Trinajstić information content (AvgIpc) is 2.98. The summed E-state index contributed by atoms with van der Waals surface area (Å²) < 4.78 is 11.3. The van der Waals surface area contributed by atoms with E-state index in [2.05, 4.69) is 25.7 Å². The first-order valence-corrected chi connectivity index (χ1v) is 8.81. The number of aryl methyl sites for hydroxylation is 2. The van der Waals surface area contributed by atoms with Crippen LogP contribution in [-0.2, 0) is 17.8 Å². The first-order valence-electron chi connectivity index (χ1n) is 8.81. The predicted molar refractivity (Wildman–Crippen MR) is 85.2 cm³/mol. The minimum Gasteiger partial charge on any atom is -0.368 e. The van der Waals surface area contributed by atoms with Gasteiger partial charge in [0.15, 0.2) is 5.82 Å². The molecular formula is C16H24N6O2. The van der Waals surface area contributed by atoms with E-state index in [0.717, 1.165) is 43.3 Å². The summed E-state index contributed by atoms with van der Waals surface area (Å²) in [6.07, 6.45) is 3.25. The summed E-state index contributed by atoms with van der Waals surface area (Å²) in [6, 6.07) is 0. The molecule has 8 nitrogen and oxygen atoms in total. The zero-order valence-corrected chi connectivity index (χ0v) is 14.2. The molecular weight excluding hydrogens is 308 g/mol. The van der Waals surface area contributed by atoms with E-state index in [-0.39, 0.29) is 6.10 Å². The maximum absolute atomic E-state index is 5.84. The molecule has 24 heavy (non-hydrogen) atoms. The van der Waals surface area contributed by atoms with Crippen LogP contribution >= 0.6 is 0 Å². The van der Waals surface area contributed by atoms with E-state index in [1.54, 1.807) is 4.80 Å². The van der Waals surface area contributed by atoms with E-state index in [1.807, 2.05) is 13.8 Å². The number of nitrogens with one attached hydrogen (secondary N) is 1. The van der Waals surface area contributed by atoms with Gasteiger partial charge in [0.05, 0.1) is 17.9 Å². The van der Waals surface area contributed by atoms with Crippen molar-refractivity contribution in [1.82, 2.24) is 30.5 Å². The third kappa shape index (κ3) is 3.21. The molecule has 2 fully saturated rings. The minimum atomic E-state index is -0.0927. The number of hydrogen-bond donors (Lipinski definition) is 1. The van der Waals surface area contributed by atoms with Crippen LogP contribution in [-0.4, -0.2) is 38.3 Å². The van der Waals surface area contributed by atoms with Crippen molar-refractivity contribution in [2.75, 3.05) is 13.2 Å². The molecule has 0 bridgehead atoms. The van der Waals surface area contributed by atoms with Crippen molar-refractivity contribution in [2.45, 2.75) is 58.2 Å². The van der Waals surface area contributed by atoms with Gasteiger partial charge in [0.1, 0.15) is 6.10 Å². The highest BCUT2D eigenvalue weighted by atomic mass is 16.5. The van der Waals surface area contributed by atoms with E-state index in [0.29, 0.717) is 24.3 Å². The normalized spacial score (nSPS) is 23.9. The van der Waals surface area contributed by atoms with Crippen LogP contribution in [0.1, 0.15) is 61.3 Å². The van der Waals surface area contributed by atoms with Crippen molar-refractivity contribution in [3.8, 4) is 0 Å². The lowest BCUT2D eigenvalue weighted by Gasteiger charge is -2.15. The molecule has 0 amide bonds. The van der Waals surface area contributed by atoms with Crippen molar-refractivity contribution in [3.05, 3.63) is 23.1 Å². The van der Waals surface area contributed by atoms with Gasteiger partial charge in [0.25, 0.3) is 5.89 Å². The molecule has 2 atom stereocenters. The molecule has 1 N–H and O–H groups in total. The zero-order valence-electron chi connectivity index (χ0n) is 14.2. The molecule has 0 spiro atoms. The van der Waals surface area contributed by atoms with E-state index in [1.165, 1.54) is 12.8 Å². The van der Waals surface area contributed by atoms with Crippen LogP contribution < -0.4 is 5.32 Å². The molecule has 4 rings (SSSR count). The molecule has 1 aliphatic carbocycles. The zero-order chi connectivity index (χ0) is 16.5.